The van der Waals surface area contributed by atoms with Gasteiger partial charge in [-0.25, -0.2) is 4.98 Å². The first-order valence-corrected chi connectivity index (χ1v) is 11.5. The number of pyridine rings is 1. The fourth-order valence-corrected chi connectivity index (χ4v) is 4.42. The third kappa shape index (κ3) is 4.56. The highest BCUT2D eigenvalue weighted by molar-refractivity contribution is 5.70. The van der Waals surface area contributed by atoms with E-state index in [2.05, 4.69) is 34.3 Å². The molecule has 1 aliphatic rings. The van der Waals surface area contributed by atoms with Gasteiger partial charge in [0.2, 0.25) is 5.95 Å². The average Bonchev–Trinajstić information content (AvgIpc) is 3.29. The van der Waals surface area contributed by atoms with Crippen LogP contribution >= 0.6 is 0 Å². The summed E-state index contributed by atoms with van der Waals surface area (Å²) in [5.41, 5.74) is 3.95. The molecule has 172 valence electrons. The van der Waals surface area contributed by atoms with E-state index in [-0.39, 0.29) is 18.2 Å². The van der Waals surface area contributed by atoms with E-state index in [1.54, 1.807) is 16.8 Å². The molecule has 1 unspecified atom stereocenters. The fraction of sp³-hybridized carbons (Fsp3) is 0.222. The number of hydrogen-bond acceptors (Lipinski definition) is 6. The van der Waals surface area contributed by atoms with Crippen LogP contribution in [0.1, 0.15) is 18.1 Å². The van der Waals surface area contributed by atoms with Crippen LogP contribution < -0.4 is 15.8 Å². The Morgan fingerprint density at radius 2 is 1.79 bits per heavy atom. The lowest BCUT2D eigenvalue weighted by Gasteiger charge is -2.20. The Bertz CT molecular complexity index is 1350. The van der Waals surface area contributed by atoms with E-state index >= 15 is 0 Å². The van der Waals surface area contributed by atoms with Crippen LogP contribution in [0.3, 0.4) is 0 Å². The third-order valence-electron chi connectivity index (χ3n) is 6.05. The van der Waals surface area contributed by atoms with Crippen molar-refractivity contribution in [3.8, 4) is 11.1 Å². The molecule has 2 aromatic heterocycles. The Morgan fingerprint density at radius 3 is 2.62 bits per heavy atom. The molecular formula is C27H27N5O2. The highest BCUT2D eigenvalue weighted by Crippen LogP contribution is 2.31. The molecule has 7 nitrogen and oxygen atoms in total. The molecule has 4 aromatic rings. The molecule has 2 aromatic carbocycles. The molecule has 7 heteroatoms. The van der Waals surface area contributed by atoms with Gasteiger partial charge >= 0.3 is 0 Å². The van der Waals surface area contributed by atoms with E-state index in [0.717, 1.165) is 40.3 Å². The summed E-state index contributed by atoms with van der Waals surface area (Å²) in [4.78, 5) is 24.0. The number of benzene rings is 2. The lowest BCUT2D eigenvalue weighted by Crippen LogP contribution is -2.21. The zero-order valence-corrected chi connectivity index (χ0v) is 19.1. The molecular weight excluding hydrogens is 426 g/mol. The summed E-state index contributed by atoms with van der Waals surface area (Å²) in [5.74, 6) is 2.14. The first-order valence-electron chi connectivity index (χ1n) is 11.5. The summed E-state index contributed by atoms with van der Waals surface area (Å²) in [6.45, 7) is 3.41. The van der Waals surface area contributed by atoms with Crippen molar-refractivity contribution in [1.82, 2.24) is 14.5 Å². The molecule has 0 saturated heterocycles. The molecule has 0 aliphatic carbocycles. The van der Waals surface area contributed by atoms with Gasteiger partial charge in [0.15, 0.2) is 0 Å². The van der Waals surface area contributed by atoms with Crippen LogP contribution in [-0.2, 0) is 19.6 Å². The lowest BCUT2D eigenvalue weighted by molar-refractivity contribution is 0.281. The lowest BCUT2D eigenvalue weighted by atomic mass is 10.0. The van der Waals surface area contributed by atoms with Gasteiger partial charge in [-0.1, -0.05) is 54.6 Å². The van der Waals surface area contributed by atoms with Crippen LogP contribution in [0.15, 0.2) is 83.8 Å². The number of aromatic nitrogens is 3. The molecule has 0 bridgehead atoms. The van der Waals surface area contributed by atoms with Gasteiger partial charge in [0, 0.05) is 31.4 Å². The van der Waals surface area contributed by atoms with Crippen molar-refractivity contribution in [1.29, 1.82) is 0 Å². The number of nitrogens with zero attached hydrogens (tertiary/aromatic N) is 4. The summed E-state index contributed by atoms with van der Waals surface area (Å²) in [6.07, 6.45) is 2.52. The Kier molecular flexibility index (Phi) is 6.10. The monoisotopic (exact) mass is 453 g/mol. The van der Waals surface area contributed by atoms with Crippen LogP contribution in [0.5, 0.6) is 0 Å². The zero-order chi connectivity index (χ0) is 23.5. The standard InChI is InChI=1S/C27H27N5O2/c1-19(14-20-6-5-7-21(15-20)18-33)29-27-28-11-10-24(30-27)31-12-13-32-25(31)16-23(17-26(32)34)22-8-3-2-4-9-22/h2-11,15-17,19,33H,12-14,18H2,1H3,(H,28,29,30). The Morgan fingerprint density at radius 1 is 0.971 bits per heavy atom. The third-order valence-corrected chi connectivity index (χ3v) is 6.05. The van der Waals surface area contributed by atoms with Crippen LogP contribution in [-0.4, -0.2) is 32.2 Å². The minimum absolute atomic E-state index is 0.00927. The van der Waals surface area contributed by atoms with Crippen molar-refractivity contribution in [3.05, 3.63) is 100 Å². The smallest absolute Gasteiger partial charge is 0.252 e. The van der Waals surface area contributed by atoms with E-state index in [4.69, 9.17) is 4.98 Å². The molecule has 0 amide bonds. The number of nitrogens with one attached hydrogen (secondary N) is 1. The number of aliphatic hydroxyl groups is 1. The molecule has 3 heterocycles. The van der Waals surface area contributed by atoms with Crippen LogP contribution in [0.25, 0.3) is 11.1 Å². The highest BCUT2D eigenvalue weighted by Gasteiger charge is 2.24. The minimum atomic E-state index is -0.00927. The summed E-state index contributed by atoms with van der Waals surface area (Å²) in [7, 11) is 0. The molecule has 34 heavy (non-hydrogen) atoms. The maximum absolute atomic E-state index is 12.8. The van der Waals surface area contributed by atoms with Crippen molar-refractivity contribution < 1.29 is 5.11 Å². The number of fused-ring (bicyclic) bond motifs is 1. The topological polar surface area (TPSA) is 83.3 Å². The molecule has 5 rings (SSSR count). The van der Waals surface area contributed by atoms with Gasteiger partial charge in [-0.15, -0.1) is 0 Å². The molecule has 1 aliphatic heterocycles. The quantitative estimate of drug-likeness (QED) is 0.440. The number of anilines is 3. The Labute approximate surface area is 198 Å². The SMILES string of the molecule is CC(Cc1cccc(CO)c1)Nc1nccc(N2CCn3c2cc(-c2ccccc2)cc3=O)n1. The van der Waals surface area contributed by atoms with Gasteiger partial charge in [-0.05, 0) is 47.7 Å². The van der Waals surface area contributed by atoms with Crippen molar-refractivity contribution in [2.24, 2.45) is 0 Å². The molecule has 0 fully saturated rings. The van der Waals surface area contributed by atoms with E-state index < -0.39 is 0 Å². The van der Waals surface area contributed by atoms with Crippen molar-refractivity contribution in [2.75, 3.05) is 16.8 Å². The molecule has 0 radical (unpaired) electrons. The Hall–Kier alpha value is -3.97. The van der Waals surface area contributed by atoms with Crippen molar-refractivity contribution >= 4 is 17.6 Å². The predicted octanol–water partition coefficient (Wildman–Crippen LogP) is 3.99. The molecule has 1 atom stereocenters. The predicted molar refractivity (Wildman–Crippen MR) is 134 cm³/mol. The van der Waals surface area contributed by atoms with Crippen molar-refractivity contribution in [2.45, 2.75) is 32.5 Å². The Balaban J connectivity index is 1.37. The van der Waals surface area contributed by atoms with E-state index in [9.17, 15) is 9.90 Å². The van der Waals surface area contributed by atoms with Crippen LogP contribution in [0.2, 0.25) is 0 Å². The second kappa shape index (κ2) is 9.49. The minimum Gasteiger partial charge on any atom is -0.392 e. The summed E-state index contributed by atoms with van der Waals surface area (Å²) >= 11 is 0. The summed E-state index contributed by atoms with van der Waals surface area (Å²) < 4.78 is 1.79. The van der Waals surface area contributed by atoms with E-state index in [1.165, 1.54) is 0 Å². The largest absolute Gasteiger partial charge is 0.392 e. The number of rotatable bonds is 7. The normalized spacial score (nSPS) is 13.5. The van der Waals surface area contributed by atoms with Gasteiger partial charge in [-0.3, -0.25) is 9.36 Å². The molecule has 0 saturated carbocycles. The maximum atomic E-state index is 12.8. The molecule has 0 spiro atoms. The summed E-state index contributed by atoms with van der Waals surface area (Å²) in [6, 6.07) is 23.6. The van der Waals surface area contributed by atoms with Gasteiger partial charge in [0.25, 0.3) is 5.56 Å². The highest BCUT2D eigenvalue weighted by atomic mass is 16.3. The van der Waals surface area contributed by atoms with Crippen LogP contribution in [0.4, 0.5) is 17.6 Å². The van der Waals surface area contributed by atoms with E-state index in [1.807, 2.05) is 54.6 Å². The first-order chi connectivity index (χ1) is 16.6. The van der Waals surface area contributed by atoms with E-state index in [0.29, 0.717) is 19.0 Å². The average molecular weight is 454 g/mol. The fourth-order valence-electron chi connectivity index (χ4n) is 4.42. The number of aliphatic hydroxyl groups excluding tert-OH is 1. The second-order valence-electron chi connectivity index (χ2n) is 8.58. The van der Waals surface area contributed by atoms with Crippen LogP contribution in [0, 0.1) is 0 Å². The maximum Gasteiger partial charge on any atom is 0.252 e. The van der Waals surface area contributed by atoms with Gasteiger partial charge in [0.1, 0.15) is 11.6 Å². The van der Waals surface area contributed by atoms with Gasteiger partial charge in [0.05, 0.1) is 6.61 Å². The molecule has 2 N–H and O–H groups in total. The summed E-state index contributed by atoms with van der Waals surface area (Å²) in [5, 5.41) is 12.8. The van der Waals surface area contributed by atoms with Gasteiger partial charge < -0.3 is 15.3 Å². The number of hydrogen-bond donors (Lipinski definition) is 2. The zero-order valence-electron chi connectivity index (χ0n) is 19.1. The van der Waals surface area contributed by atoms with Gasteiger partial charge in [-0.2, -0.15) is 4.98 Å². The van der Waals surface area contributed by atoms with Crippen molar-refractivity contribution in [3.63, 3.8) is 0 Å². The first kappa shape index (κ1) is 21.9. The second-order valence-corrected chi connectivity index (χ2v) is 8.58.